The SMILES string of the molecule is CS(=O)(=O)c1ccc(/C=N\O)c(C(F)(F)F)c1. The van der Waals surface area contributed by atoms with Crippen molar-refractivity contribution in [1.82, 2.24) is 0 Å². The molecule has 0 saturated heterocycles. The van der Waals surface area contributed by atoms with Crippen LogP contribution in [0.15, 0.2) is 28.3 Å². The maximum Gasteiger partial charge on any atom is 0.417 e. The van der Waals surface area contributed by atoms with Crippen LogP contribution in [0.5, 0.6) is 0 Å². The normalized spacial score (nSPS) is 13.2. The molecule has 0 heterocycles. The third kappa shape index (κ3) is 3.19. The summed E-state index contributed by atoms with van der Waals surface area (Å²) in [6.07, 6.45) is -3.33. The van der Waals surface area contributed by atoms with Crippen molar-refractivity contribution in [2.75, 3.05) is 6.26 Å². The topological polar surface area (TPSA) is 66.7 Å². The Balaban J connectivity index is 3.51. The molecular weight excluding hydrogens is 259 g/mol. The minimum atomic E-state index is -4.72. The first-order chi connectivity index (χ1) is 7.66. The Morgan fingerprint density at radius 2 is 1.94 bits per heavy atom. The van der Waals surface area contributed by atoms with Crippen LogP contribution in [0.25, 0.3) is 0 Å². The highest BCUT2D eigenvalue weighted by molar-refractivity contribution is 7.90. The van der Waals surface area contributed by atoms with Gasteiger partial charge in [-0.1, -0.05) is 11.2 Å². The largest absolute Gasteiger partial charge is 0.417 e. The van der Waals surface area contributed by atoms with Gasteiger partial charge in [-0.2, -0.15) is 13.2 Å². The first-order valence-electron chi connectivity index (χ1n) is 4.25. The molecule has 1 aromatic rings. The Bertz CT molecular complexity index is 549. The maximum absolute atomic E-state index is 12.6. The number of alkyl halides is 3. The van der Waals surface area contributed by atoms with Gasteiger partial charge >= 0.3 is 6.18 Å². The molecule has 0 bridgehead atoms. The van der Waals surface area contributed by atoms with E-state index in [0.717, 1.165) is 18.4 Å². The van der Waals surface area contributed by atoms with Crippen LogP contribution >= 0.6 is 0 Å². The van der Waals surface area contributed by atoms with Crippen LogP contribution in [0, 0.1) is 0 Å². The zero-order valence-corrected chi connectivity index (χ0v) is 9.38. The molecule has 0 spiro atoms. The van der Waals surface area contributed by atoms with Gasteiger partial charge in [0.1, 0.15) is 0 Å². The van der Waals surface area contributed by atoms with Crippen LogP contribution in [0.1, 0.15) is 11.1 Å². The Kier molecular flexibility index (Phi) is 3.46. The average molecular weight is 267 g/mol. The van der Waals surface area contributed by atoms with E-state index in [2.05, 4.69) is 5.16 Å². The number of sulfone groups is 1. The molecule has 0 saturated carbocycles. The number of benzene rings is 1. The highest BCUT2D eigenvalue weighted by Crippen LogP contribution is 2.32. The van der Waals surface area contributed by atoms with E-state index in [1.807, 2.05) is 0 Å². The Labute approximate surface area is 95.3 Å². The molecule has 0 aliphatic carbocycles. The van der Waals surface area contributed by atoms with Gasteiger partial charge in [-0.25, -0.2) is 8.42 Å². The lowest BCUT2D eigenvalue weighted by atomic mass is 10.1. The zero-order chi connectivity index (χ0) is 13.3. The van der Waals surface area contributed by atoms with Crippen LogP contribution in [-0.2, 0) is 16.0 Å². The molecule has 0 radical (unpaired) electrons. The summed E-state index contributed by atoms with van der Waals surface area (Å²) in [6, 6.07) is 2.45. The molecular formula is C9H8F3NO3S. The molecule has 0 fully saturated rings. The Morgan fingerprint density at radius 3 is 2.35 bits per heavy atom. The molecule has 4 nitrogen and oxygen atoms in total. The molecule has 0 aliphatic heterocycles. The first kappa shape index (κ1) is 13.5. The fourth-order valence-electron chi connectivity index (χ4n) is 1.19. The number of rotatable bonds is 2. The minimum absolute atomic E-state index is 0.410. The average Bonchev–Trinajstić information content (AvgIpc) is 2.15. The monoisotopic (exact) mass is 267 g/mol. The van der Waals surface area contributed by atoms with Crippen LogP contribution in [0.4, 0.5) is 13.2 Å². The molecule has 1 N–H and O–H groups in total. The Morgan fingerprint density at radius 1 is 1.35 bits per heavy atom. The minimum Gasteiger partial charge on any atom is -0.411 e. The van der Waals surface area contributed by atoms with Gasteiger partial charge in [0.15, 0.2) is 9.84 Å². The summed E-state index contributed by atoms with van der Waals surface area (Å²) in [6.45, 7) is 0. The number of nitrogens with zero attached hydrogens (tertiary/aromatic N) is 1. The van der Waals surface area contributed by atoms with Gasteiger partial charge in [0.2, 0.25) is 0 Å². The predicted molar refractivity (Wildman–Crippen MR) is 53.9 cm³/mol. The summed E-state index contributed by atoms with van der Waals surface area (Å²) >= 11 is 0. The second-order valence-corrected chi connectivity index (χ2v) is 5.28. The van der Waals surface area contributed by atoms with Crippen molar-refractivity contribution in [2.45, 2.75) is 11.1 Å². The molecule has 0 aliphatic rings. The van der Waals surface area contributed by atoms with E-state index < -0.39 is 32.0 Å². The lowest BCUT2D eigenvalue weighted by Gasteiger charge is -2.11. The van der Waals surface area contributed by atoms with Gasteiger partial charge in [0.05, 0.1) is 16.7 Å². The molecule has 8 heteroatoms. The van der Waals surface area contributed by atoms with Gasteiger partial charge in [0.25, 0.3) is 0 Å². The van der Waals surface area contributed by atoms with Gasteiger partial charge in [-0.05, 0) is 12.1 Å². The summed E-state index contributed by atoms with van der Waals surface area (Å²) in [5.74, 6) is 0. The van der Waals surface area contributed by atoms with Crippen LogP contribution in [-0.4, -0.2) is 26.1 Å². The summed E-state index contributed by atoms with van der Waals surface area (Å²) in [4.78, 5) is -0.445. The number of hydrogen-bond acceptors (Lipinski definition) is 4. The number of oxime groups is 1. The molecule has 0 atom stereocenters. The maximum atomic E-state index is 12.6. The van der Waals surface area contributed by atoms with E-state index in [-0.39, 0.29) is 0 Å². The molecule has 94 valence electrons. The zero-order valence-electron chi connectivity index (χ0n) is 8.56. The lowest BCUT2D eigenvalue weighted by Crippen LogP contribution is -2.11. The highest BCUT2D eigenvalue weighted by atomic mass is 32.2. The summed E-state index contributed by atoms with van der Waals surface area (Å²) in [5.41, 5.74) is -1.58. The van der Waals surface area contributed by atoms with Gasteiger partial charge in [-0.3, -0.25) is 0 Å². The quantitative estimate of drug-likeness (QED) is 0.505. The van der Waals surface area contributed by atoms with Crippen LogP contribution in [0.2, 0.25) is 0 Å². The van der Waals surface area contributed by atoms with Crippen molar-refractivity contribution < 1.29 is 26.8 Å². The number of hydrogen-bond donors (Lipinski definition) is 1. The standard InChI is InChI=1S/C9H8F3NO3S/c1-17(15,16)7-3-2-6(5-13-14)8(4-7)9(10,11)12/h2-5,14H,1H3/b13-5-. The molecule has 1 aromatic carbocycles. The van der Waals surface area contributed by atoms with Crippen LogP contribution in [0.3, 0.4) is 0 Å². The summed E-state index contributed by atoms with van der Waals surface area (Å²) < 4.78 is 60.1. The third-order valence-corrected chi connectivity index (χ3v) is 3.07. The number of halogens is 3. The van der Waals surface area contributed by atoms with E-state index in [0.29, 0.717) is 12.3 Å². The second kappa shape index (κ2) is 4.36. The van der Waals surface area contributed by atoms with Crippen molar-refractivity contribution in [3.05, 3.63) is 29.3 Å². The van der Waals surface area contributed by atoms with E-state index in [1.165, 1.54) is 0 Å². The van der Waals surface area contributed by atoms with Crippen LogP contribution < -0.4 is 0 Å². The smallest absolute Gasteiger partial charge is 0.411 e. The second-order valence-electron chi connectivity index (χ2n) is 3.26. The predicted octanol–water partition coefficient (Wildman–Crippen LogP) is 1.92. The van der Waals surface area contributed by atoms with E-state index in [4.69, 9.17) is 5.21 Å². The first-order valence-corrected chi connectivity index (χ1v) is 6.14. The van der Waals surface area contributed by atoms with Crippen molar-refractivity contribution >= 4 is 16.1 Å². The summed E-state index contributed by atoms with van der Waals surface area (Å²) in [5, 5.41) is 10.7. The fourth-order valence-corrected chi connectivity index (χ4v) is 1.83. The van der Waals surface area contributed by atoms with Gasteiger partial charge in [-0.15, -0.1) is 0 Å². The highest BCUT2D eigenvalue weighted by Gasteiger charge is 2.34. The van der Waals surface area contributed by atoms with Crippen molar-refractivity contribution in [3.8, 4) is 0 Å². The molecule has 0 aromatic heterocycles. The lowest BCUT2D eigenvalue weighted by molar-refractivity contribution is -0.137. The molecule has 0 amide bonds. The molecule has 1 rings (SSSR count). The molecule has 0 unspecified atom stereocenters. The third-order valence-electron chi connectivity index (χ3n) is 1.96. The van der Waals surface area contributed by atoms with Crippen molar-refractivity contribution in [3.63, 3.8) is 0 Å². The van der Waals surface area contributed by atoms with Crippen molar-refractivity contribution in [1.29, 1.82) is 0 Å². The van der Waals surface area contributed by atoms with E-state index >= 15 is 0 Å². The van der Waals surface area contributed by atoms with E-state index in [9.17, 15) is 21.6 Å². The fraction of sp³-hybridized carbons (Fsp3) is 0.222. The van der Waals surface area contributed by atoms with Gasteiger partial charge < -0.3 is 5.21 Å². The van der Waals surface area contributed by atoms with Gasteiger partial charge in [0, 0.05) is 11.8 Å². The summed E-state index contributed by atoms with van der Waals surface area (Å²) in [7, 11) is -3.72. The van der Waals surface area contributed by atoms with E-state index in [1.54, 1.807) is 0 Å². The van der Waals surface area contributed by atoms with Crippen molar-refractivity contribution in [2.24, 2.45) is 5.16 Å². The Hall–Kier alpha value is -1.57. The molecule has 17 heavy (non-hydrogen) atoms.